The minimum Gasteiger partial charge on any atom is -0.455 e. The van der Waals surface area contributed by atoms with Gasteiger partial charge < -0.3 is 20.1 Å². The number of ether oxygens (including phenoxy) is 2. The molecular weight excluding hydrogens is 282 g/mol. The Labute approximate surface area is 128 Å². The van der Waals surface area contributed by atoms with E-state index in [1.165, 1.54) is 0 Å². The predicted octanol–water partition coefficient (Wildman–Crippen LogP) is 1.81. The summed E-state index contributed by atoms with van der Waals surface area (Å²) in [6, 6.07) is 10.6. The molecule has 1 aromatic carbocycles. The Balaban J connectivity index is 1.75. The number of hydrogen-bond donors (Lipinski definition) is 1. The number of nitrogens with zero attached hydrogens (tertiary/aromatic N) is 2. The first-order valence-corrected chi connectivity index (χ1v) is 7.09. The Kier molecular flexibility index (Phi) is 4.20. The van der Waals surface area contributed by atoms with Gasteiger partial charge in [0.15, 0.2) is 0 Å². The minimum absolute atomic E-state index is 0.347. The van der Waals surface area contributed by atoms with E-state index in [1.807, 2.05) is 12.1 Å². The number of rotatable bonds is 4. The van der Waals surface area contributed by atoms with E-state index in [-0.39, 0.29) is 0 Å². The van der Waals surface area contributed by atoms with Crippen molar-refractivity contribution in [3.63, 3.8) is 0 Å². The summed E-state index contributed by atoms with van der Waals surface area (Å²) in [4.78, 5) is 17.9. The Morgan fingerprint density at radius 3 is 2.64 bits per heavy atom. The van der Waals surface area contributed by atoms with Crippen LogP contribution < -0.4 is 15.4 Å². The van der Waals surface area contributed by atoms with Gasteiger partial charge in [-0.3, -0.25) is 4.79 Å². The zero-order valence-electron chi connectivity index (χ0n) is 12.1. The molecule has 2 heterocycles. The molecule has 2 N–H and O–H groups in total. The SMILES string of the molecule is NC(=O)c1ccccc1Oc1ccc(N2CCOCC2)nc1. The number of primary amides is 1. The van der Waals surface area contributed by atoms with Crippen LogP contribution in [0, 0.1) is 0 Å². The van der Waals surface area contributed by atoms with Crippen LogP contribution in [0.25, 0.3) is 0 Å². The van der Waals surface area contributed by atoms with E-state index < -0.39 is 5.91 Å². The van der Waals surface area contributed by atoms with Crippen LogP contribution in [0.2, 0.25) is 0 Å². The van der Waals surface area contributed by atoms with E-state index in [4.69, 9.17) is 15.2 Å². The van der Waals surface area contributed by atoms with Crippen molar-refractivity contribution < 1.29 is 14.3 Å². The molecule has 1 saturated heterocycles. The summed E-state index contributed by atoms with van der Waals surface area (Å²) in [7, 11) is 0. The van der Waals surface area contributed by atoms with Crippen LogP contribution in [-0.4, -0.2) is 37.2 Å². The van der Waals surface area contributed by atoms with Crippen molar-refractivity contribution >= 4 is 11.7 Å². The van der Waals surface area contributed by atoms with Crippen molar-refractivity contribution in [3.05, 3.63) is 48.2 Å². The maximum absolute atomic E-state index is 11.4. The summed E-state index contributed by atoms with van der Waals surface area (Å²) < 4.78 is 11.0. The van der Waals surface area contributed by atoms with Crippen molar-refractivity contribution in [1.82, 2.24) is 4.98 Å². The Morgan fingerprint density at radius 2 is 1.95 bits per heavy atom. The molecular formula is C16H17N3O3. The number of anilines is 1. The van der Waals surface area contributed by atoms with E-state index >= 15 is 0 Å². The fourth-order valence-corrected chi connectivity index (χ4v) is 2.30. The number of carbonyl (C=O) groups is 1. The highest BCUT2D eigenvalue weighted by Gasteiger charge is 2.13. The van der Waals surface area contributed by atoms with Crippen molar-refractivity contribution in [2.45, 2.75) is 0 Å². The van der Waals surface area contributed by atoms with Crippen molar-refractivity contribution in [2.24, 2.45) is 5.73 Å². The maximum Gasteiger partial charge on any atom is 0.252 e. The number of nitrogens with two attached hydrogens (primary N) is 1. The maximum atomic E-state index is 11.4. The normalized spacial score (nSPS) is 14.6. The third-order valence-corrected chi connectivity index (χ3v) is 3.44. The standard InChI is InChI=1S/C16H17N3O3/c17-16(20)13-3-1-2-4-14(13)22-12-5-6-15(18-11-12)19-7-9-21-10-8-19/h1-6,11H,7-10H2,(H2,17,20). The molecule has 0 radical (unpaired) electrons. The van der Waals surface area contributed by atoms with Gasteiger partial charge in [0.2, 0.25) is 0 Å². The smallest absolute Gasteiger partial charge is 0.252 e. The molecule has 1 amide bonds. The molecule has 2 aromatic rings. The molecule has 3 rings (SSSR count). The molecule has 6 heteroatoms. The molecule has 0 saturated carbocycles. The van der Waals surface area contributed by atoms with Gasteiger partial charge >= 0.3 is 0 Å². The fourth-order valence-electron chi connectivity index (χ4n) is 2.30. The van der Waals surface area contributed by atoms with Crippen LogP contribution in [0.5, 0.6) is 11.5 Å². The average Bonchev–Trinajstić information content (AvgIpc) is 2.57. The number of pyridine rings is 1. The van der Waals surface area contributed by atoms with E-state index in [1.54, 1.807) is 30.5 Å². The van der Waals surface area contributed by atoms with Crippen LogP contribution >= 0.6 is 0 Å². The van der Waals surface area contributed by atoms with E-state index in [9.17, 15) is 4.79 Å². The van der Waals surface area contributed by atoms with Gasteiger partial charge in [-0.1, -0.05) is 12.1 Å². The van der Waals surface area contributed by atoms with Crippen molar-refractivity contribution in [2.75, 3.05) is 31.2 Å². The highest BCUT2D eigenvalue weighted by Crippen LogP contribution is 2.25. The fraction of sp³-hybridized carbons (Fsp3) is 0.250. The van der Waals surface area contributed by atoms with Gasteiger partial charge in [-0.15, -0.1) is 0 Å². The van der Waals surface area contributed by atoms with Crippen molar-refractivity contribution in [1.29, 1.82) is 0 Å². The van der Waals surface area contributed by atoms with Gasteiger partial charge in [-0.2, -0.15) is 0 Å². The second kappa shape index (κ2) is 6.44. The average molecular weight is 299 g/mol. The third kappa shape index (κ3) is 3.17. The Morgan fingerprint density at radius 1 is 1.18 bits per heavy atom. The minimum atomic E-state index is -0.520. The quantitative estimate of drug-likeness (QED) is 0.931. The lowest BCUT2D eigenvalue weighted by Gasteiger charge is -2.27. The highest BCUT2D eigenvalue weighted by molar-refractivity contribution is 5.95. The summed E-state index contributed by atoms with van der Waals surface area (Å²) in [6.45, 7) is 3.09. The molecule has 0 aliphatic carbocycles. The lowest BCUT2D eigenvalue weighted by molar-refractivity contribution is 0.0998. The first-order valence-electron chi connectivity index (χ1n) is 7.09. The second-order valence-electron chi connectivity index (χ2n) is 4.91. The third-order valence-electron chi connectivity index (χ3n) is 3.44. The van der Waals surface area contributed by atoms with E-state index in [0.717, 1.165) is 18.9 Å². The van der Waals surface area contributed by atoms with Gasteiger partial charge in [0.05, 0.1) is 25.0 Å². The summed E-state index contributed by atoms with van der Waals surface area (Å²) in [6.07, 6.45) is 1.64. The van der Waals surface area contributed by atoms with E-state index in [0.29, 0.717) is 30.3 Å². The second-order valence-corrected chi connectivity index (χ2v) is 4.91. The van der Waals surface area contributed by atoms with Crippen LogP contribution in [0.1, 0.15) is 10.4 Å². The first-order chi connectivity index (χ1) is 10.7. The number of aromatic nitrogens is 1. The topological polar surface area (TPSA) is 77.7 Å². The zero-order chi connectivity index (χ0) is 15.4. The lowest BCUT2D eigenvalue weighted by Crippen LogP contribution is -2.36. The first kappa shape index (κ1) is 14.3. The lowest BCUT2D eigenvalue weighted by atomic mass is 10.2. The number of amides is 1. The summed E-state index contributed by atoms with van der Waals surface area (Å²) in [5.74, 6) is 1.36. The van der Waals surface area contributed by atoms with Gasteiger partial charge in [0.25, 0.3) is 5.91 Å². The van der Waals surface area contributed by atoms with Crippen molar-refractivity contribution in [3.8, 4) is 11.5 Å². The monoisotopic (exact) mass is 299 g/mol. The molecule has 0 atom stereocenters. The number of carbonyl (C=O) groups excluding carboxylic acids is 1. The molecule has 0 unspecified atom stereocenters. The number of benzene rings is 1. The molecule has 1 aliphatic rings. The Hall–Kier alpha value is -2.60. The van der Waals surface area contributed by atoms with Gasteiger partial charge in [0, 0.05) is 13.1 Å². The number of para-hydroxylation sites is 1. The van der Waals surface area contributed by atoms with Crippen LogP contribution in [0.3, 0.4) is 0 Å². The summed E-state index contributed by atoms with van der Waals surface area (Å²) in [5.41, 5.74) is 5.68. The molecule has 114 valence electrons. The Bertz CT molecular complexity index is 652. The molecule has 1 aromatic heterocycles. The predicted molar refractivity (Wildman–Crippen MR) is 82.3 cm³/mol. The number of morpholine rings is 1. The molecule has 1 aliphatic heterocycles. The molecule has 22 heavy (non-hydrogen) atoms. The van der Waals surface area contributed by atoms with Crippen LogP contribution in [-0.2, 0) is 4.74 Å². The molecule has 6 nitrogen and oxygen atoms in total. The van der Waals surface area contributed by atoms with E-state index in [2.05, 4.69) is 9.88 Å². The zero-order valence-corrected chi connectivity index (χ0v) is 12.1. The summed E-state index contributed by atoms with van der Waals surface area (Å²) in [5, 5.41) is 0. The van der Waals surface area contributed by atoms with Crippen LogP contribution in [0.4, 0.5) is 5.82 Å². The van der Waals surface area contributed by atoms with Crippen LogP contribution in [0.15, 0.2) is 42.6 Å². The largest absolute Gasteiger partial charge is 0.455 e. The molecule has 0 spiro atoms. The molecule has 0 bridgehead atoms. The van der Waals surface area contributed by atoms with Gasteiger partial charge in [-0.25, -0.2) is 4.98 Å². The highest BCUT2D eigenvalue weighted by atomic mass is 16.5. The molecule has 1 fully saturated rings. The number of hydrogen-bond acceptors (Lipinski definition) is 5. The van der Waals surface area contributed by atoms with Gasteiger partial charge in [-0.05, 0) is 24.3 Å². The van der Waals surface area contributed by atoms with Gasteiger partial charge in [0.1, 0.15) is 17.3 Å². The summed E-state index contributed by atoms with van der Waals surface area (Å²) >= 11 is 0.